The van der Waals surface area contributed by atoms with E-state index in [0.717, 1.165) is 42.0 Å². The van der Waals surface area contributed by atoms with Crippen molar-refractivity contribution in [2.75, 3.05) is 0 Å². The number of aliphatic hydroxyl groups excluding tert-OH is 2. The molecule has 5 atom stereocenters. The molecule has 0 radical (unpaired) electrons. The maximum Gasteiger partial charge on any atom is 0.309 e. The second kappa shape index (κ2) is 12.8. The van der Waals surface area contributed by atoms with Crippen LogP contribution in [0.5, 0.6) is 0 Å². The van der Waals surface area contributed by atoms with Crippen LogP contribution >= 0.6 is 11.3 Å². The van der Waals surface area contributed by atoms with E-state index in [4.69, 9.17) is 4.74 Å². The molecule has 2 heterocycles. The molecule has 1 aromatic heterocycles. The average molecular weight is 492 g/mol. The minimum absolute atomic E-state index is 0.0250. The molecule has 0 bridgehead atoms. The van der Waals surface area contributed by atoms with Gasteiger partial charge in [0, 0.05) is 17.7 Å². The van der Waals surface area contributed by atoms with E-state index < -0.39 is 35.6 Å². The summed E-state index contributed by atoms with van der Waals surface area (Å²) in [6.45, 7) is 10.8. The topological polar surface area (TPSA) is 96.7 Å². The monoisotopic (exact) mass is 491 g/mol. The highest BCUT2D eigenvalue weighted by atomic mass is 32.1. The zero-order valence-corrected chi connectivity index (χ0v) is 22.2. The van der Waals surface area contributed by atoms with Crippen LogP contribution in [0.15, 0.2) is 23.1 Å². The number of esters is 1. The van der Waals surface area contributed by atoms with Crippen LogP contribution < -0.4 is 0 Å². The summed E-state index contributed by atoms with van der Waals surface area (Å²) >= 11 is 1.56. The summed E-state index contributed by atoms with van der Waals surface area (Å²) in [5, 5.41) is 24.5. The molecule has 0 unspecified atom stereocenters. The van der Waals surface area contributed by atoms with Gasteiger partial charge in [-0.1, -0.05) is 46.3 Å². The predicted molar refractivity (Wildman–Crippen MR) is 136 cm³/mol. The Bertz CT molecular complexity index is 887. The summed E-state index contributed by atoms with van der Waals surface area (Å²) in [6, 6.07) is 0. The van der Waals surface area contributed by atoms with Gasteiger partial charge in [-0.3, -0.25) is 9.59 Å². The van der Waals surface area contributed by atoms with Crippen LogP contribution in [0.4, 0.5) is 0 Å². The molecular formula is C27H41NO5S. The molecule has 1 aromatic rings. The molecule has 0 saturated carbocycles. The Hall–Kier alpha value is -1.83. The molecule has 0 aliphatic carbocycles. The molecule has 0 amide bonds. The van der Waals surface area contributed by atoms with Gasteiger partial charge in [0.15, 0.2) is 0 Å². The molecule has 1 aliphatic heterocycles. The van der Waals surface area contributed by atoms with E-state index >= 15 is 0 Å². The van der Waals surface area contributed by atoms with Crippen LogP contribution in [0.1, 0.15) is 83.8 Å². The standard InChI is InChI=1S/C27H41NO5S/c1-17-12-10-8-7-9-11-13-22(18(2)14-21-16-34-20(4)28-21)33-24(30)15-23(29)27(5,6)26(32)19(3)25(17)31/h9,11,14,16-17,19,22-23,25,29,31H,7-8,10,12-13,15H2,1-6H3/b11-9-,18-14+/t17-,19+,22-,23-,25-/m0/s1. The minimum Gasteiger partial charge on any atom is -0.457 e. The van der Waals surface area contributed by atoms with Gasteiger partial charge in [-0.05, 0) is 50.7 Å². The summed E-state index contributed by atoms with van der Waals surface area (Å²) in [6.07, 6.45) is 7.48. The highest BCUT2D eigenvalue weighted by molar-refractivity contribution is 7.09. The van der Waals surface area contributed by atoms with Crippen LogP contribution in [0.25, 0.3) is 6.08 Å². The molecule has 1 aliphatic rings. The van der Waals surface area contributed by atoms with E-state index in [0.29, 0.717) is 6.42 Å². The number of aryl methyl sites for hydroxylation is 1. The number of nitrogens with zero attached hydrogens (tertiary/aromatic N) is 1. The smallest absolute Gasteiger partial charge is 0.309 e. The van der Waals surface area contributed by atoms with Gasteiger partial charge in [0.05, 0.1) is 34.7 Å². The van der Waals surface area contributed by atoms with E-state index in [-0.39, 0.29) is 18.1 Å². The molecular weight excluding hydrogens is 450 g/mol. The van der Waals surface area contributed by atoms with Gasteiger partial charge in [-0.15, -0.1) is 11.3 Å². The lowest BCUT2D eigenvalue weighted by Gasteiger charge is -2.34. The number of aromatic nitrogens is 1. The van der Waals surface area contributed by atoms with E-state index in [1.165, 1.54) is 0 Å². The molecule has 7 heteroatoms. The zero-order valence-electron chi connectivity index (χ0n) is 21.4. The minimum atomic E-state index is -1.21. The van der Waals surface area contributed by atoms with Crippen molar-refractivity contribution in [1.29, 1.82) is 0 Å². The fourth-order valence-corrected chi connectivity index (χ4v) is 4.93. The molecule has 0 saturated heterocycles. The van der Waals surface area contributed by atoms with Gasteiger partial charge in [-0.2, -0.15) is 0 Å². The maximum absolute atomic E-state index is 13.2. The molecule has 0 spiro atoms. The van der Waals surface area contributed by atoms with E-state index in [9.17, 15) is 19.8 Å². The Balaban J connectivity index is 2.26. The number of allylic oxidation sites excluding steroid dienone is 1. The van der Waals surface area contributed by atoms with Gasteiger partial charge in [0.2, 0.25) is 0 Å². The quantitative estimate of drug-likeness (QED) is 0.432. The Labute approximate surface area is 208 Å². The number of aliphatic hydroxyl groups is 2. The first-order chi connectivity index (χ1) is 15.9. The zero-order chi connectivity index (χ0) is 25.5. The lowest BCUT2D eigenvalue weighted by Crippen LogP contribution is -2.45. The number of hydrogen-bond acceptors (Lipinski definition) is 7. The molecule has 2 N–H and O–H groups in total. The van der Waals surface area contributed by atoms with Crippen LogP contribution in [-0.2, 0) is 14.3 Å². The number of thiazole rings is 1. The van der Waals surface area contributed by atoms with E-state index in [1.54, 1.807) is 32.1 Å². The Morgan fingerprint density at radius 1 is 1.21 bits per heavy atom. The predicted octanol–water partition coefficient (Wildman–Crippen LogP) is 5.27. The third-order valence-electron chi connectivity index (χ3n) is 6.93. The SMILES string of the molecule is C/C(=C\c1csc(C)n1)[C@@H]1C/C=C\CCCC[C@H](C)[C@H](O)[C@@H](C)C(=O)C(C)(C)[C@@H](O)CC(=O)O1. The summed E-state index contributed by atoms with van der Waals surface area (Å²) in [5.41, 5.74) is 0.513. The van der Waals surface area contributed by atoms with Crippen molar-refractivity contribution >= 4 is 29.2 Å². The normalized spacial score (nSPS) is 31.5. The Morgan fingerprint density at radius 2 is 1.91 bits per heavy atom. The number of ether oxygens (including phenoxy) is 1. The maximum atomic E-state index is 13.2. The average Bonchev–Trinajstić information content (AvgIpc) is 3.19. The number of rotatable bonds is 2. The molecule has 2 rings (SSSR count). The number of Topliss-reactive ketones (excluding diaryl/α,β-unsaturated/α-hetero) is 1. The van der Waals surface area contributed by atoms with Crippen LogP contribution in [0.2, 0.25) is 0 Å². The van der Waals surface area contributed by atoms with Gasteiger partial charge < -0.3 is 14.9 Å². The molecule has 34 heavy (non-hydrogen) atoms. The van der Waals surface area contributed by atoms with Crippen molar-refractivity contribution in [3.8, 4) is 0 Å². The largest absolute Gasteiger partial charge is 0.457 e. The molecule has 190 valence electrons. The fourth-order valence-electron chi connectivity index (χ4n) is 4.36. The second-order valence-electron chi connectivity index (χ2n) is 10.2. The number of hydrogen-bond donors (Lipinski definition) is 2. The van der Waals surface area contributed by atoms with Crippen molar-refractivity contribution in [2.45, 2.75) is 98.4 Å². The van der Waals surface area contributed by atoms with Crippen LogP contribution in [0, 0.1) is 24.2 Å². The highest BCUT2D eigenvalue weighted by Crippen LogP contribution is 2.32. The lowest BCUT2D eigenvalue weighted by atomic mass is 9.73. The fraction of sp³-hybridized carbons (Fsp3) is 0.667. The van der Waals surface area contributed by atoms with Crippen LogP contribution in [-0.4, -0.2) is 45.3 Å². The molecule has 6 nitrogen and oxygen atoms in total. The Morgan fingerprint density at radius 3 is 2.56 bits per heavy atom. The van der Waals surface area contributed by atoms with E-state index in [2.05, 4.69) is 11.1 Å². The first kappa shape index (κ1) is 28.4. The number of carbonyl (C=O) groups is 2. The number of carbonyl (C=O) groups excluding carboxylic acids is 2. The molecule has 0 aromatic carbocycles. The summed E-state index contributed by atoms with van der Waals surface area (Å²) < 4.78 is 5.78. The van der Waals surface area contributed by atoms with Gasteiger partial charge in [0.1, 0.15) is 11.9 Å². The molecule has 0 fully saturated rings. The van der Waals surface area contributed by atoms with Gasteiger partial charge in [-0.25, -0.2) is 4.98 Å². The van der Waals surface area contributed by atoms with Crippen molar-refractivity contribution in [3.05, 3.63) is 33.8 Å². The van der Waals surface area contributed by atoms with Crippen LogP contribution in [0.3, 0.4) is 0 Å². The third kappa shape index (κ3) is 7.85. The number of ketones is 1. The summed E-state index contributed by atoms with van der Waals surface area (Å²) in [4.78, 5) is 30.4. The van der Waals surface area contributed by atoms with Crippen molar-refractivity contribution in [1.82, 2.24) is 4.98 Å². The van der Waals surface area contributed by atoms with E-state index in [1.807, 2.05) is 38.3 Å². The Kier molecular flexibility index (Phi) is 10.7. The summed E-state index contributed by atoms with van der Waals surface area (Å²) in [5.74, 6) is -1.46. The summed E-state index contributed by atoms with van der Waals surface area (Å²) in [7, 11) is 0. The van der Waals surface area contributed by atoms with Crippen molar-refractivity contribution < 1.29 is 24.5 Å². The first-order valence-electron chi connectivity index (χ1n) is 12.3. The first-order valence-corrected chi connectivity index (χ1v) is 13.2. The van der Waals surface area contributed by atoms with Crippen molar-refractivity contribution in [2.24, 2.45) is 17.3 Å². The van der Waals surface area contributed by atoms with Gasteiger partial charge >= 0.3 is 5.97 Å². The van der Waals surface area contributed by atoms with Gasteiger partial charge in [0.25, 0.3) is 0 Å². The van der Waals surface area contributed by atoms with Crippen molar-refractivity contribution in [3.63, 3.8) is 0 Å². The third-order valence-corrected chi connectivity index (χ3v) is 7.72. The number of cyclic esters (lactones) is 1. The highest BCUT2D eigenvalue weighted by Gasteiger charge is 2.42. The lowest BCUT2D eigenvalue weighted by molar-refractivity contribution is -0.154. The second-order valence-corrected chi connectivity index (χ2v) is 11.3.